The maximum atomic E-state index is 10.5. The number of hydrogen-bond donors (Lipinski definition) is 2. The number of nitrogens with two attached hydrogens (primary N) is 2. The lowest BCUT2D eigenvalue weighted by molar-refractivity contribution is -0.118. The molecule has 0 aromatic heterocycles. The molecule has 0 heterocycles. The second kappa shape index (κ2) is 16.5. The Morgan fingerprint density at radius 1 is 0.550 bits per heavy atom. The topological polar surface area (TPSA) is 69.1 Å². The van der Waals surface area contributed by atoms with Crippen molar-refractivity contribution < 1.29 is 4.79 Å². The van der Waals surface area contributed by atoms with E-state index in [9.17, 15) is 4.79 Å². The minimum Gasteiger partial charge on any atom is -0.370 e. The predicted molar refractivity (Wildman–Crippen MR) is 87.5 cm³/mol. The molecule has 0 spiro atoms. The lowest BCUT2D eigenvalue weighted by Gasteiger charge is -2.03. The molecule has 120 valence electrons. The molecule has 0 aliphatic heterocycles. The SMILES string of the molecule is NCCCCCCCCCCCCCCCCC(N)=O. The van der Waals surface area contributed by atoms with E-state index in [2.05, 4.69) is 0 Å². The fourth-order valence-electron chi connectivity index (χ4n) is 2.56. The Hall–Kier alpha value is -0.570. The van der Waals surface area contributed by atoms with Gasteiger partial charge in [0.2, 0.25) is 5.91 Å². The Balaban J connectivity index is 2.94. The van der Waals surface area contributed by atoms with E-state index >= 15 is 0 Å². The maximum Gasteiger partial charge on any atom is 0.217 e. The summed E-state index contributed by atoms with van der Waals surface area (Å²) in [6, 6.07) is 0. The van der Waals surface area contributed by atoms with Gasteiger partial charge in [-0.25, -0.2) is 0 Å². The van der Waals surface area contributed by atoms with Gasteiger partial charge < -0.3 is 11.5 Å². The van der Waals surface area contributed by atoms with Crippen LogP contribution in [-0.4, -0.2) is 12.5 Å². The molecule has 0 aliphatic carbocycles. The number of unbranched alkanes of at least 4 members (excludes halogenated alkanes) is 13. The summed E-state index contributed by atoms with van der Waals surface area (Å²) in [4.78, 5) is 10.5. The number of amides is 1. The normalized spacial score (nSPS) is 10.8. The van der Waals surface area contributed by atoms with Crippen molar-refractivity contribution in [1.29, 1.82) is 0 Å². The Labute approximate surface area is 125 Å². The highest BCUT2D eigenvalue weighted by Crippen LogP contribution is 2.13. The highest BCUT2D eigenvalue weighted by Gasteiger charge is 1.96. The predicted octanol–water partition coefficient (Wildman–Crippen LogP) is 4.28. The quantitative estimate of drug-likeness (QED) is 0.415. The molecule has 3 nitrogen and oxygen atoms in total. The second-order valence-corrected chi connectivity index (χ2v) is 5.95. The van der Waals surface area contributed by atoms with Crippen LogP contribution in [0.3, 0.4) is 0 Å². The number of carbonyl (C=O) groups is 1. The third-order valence-corrected chi connectivity index (χ3v) is 3.88. The third-order valence-electron chi connectivity index (χ3n) is 3.88. The van der Waals surface area contributed by atoms with Gasteiger partial charge in [0.15, 0.2) is 0 Å². The van der Waals surface area contributed by atoms with Gasteiger partial charge in [-0.1, -0.05) is 77.0 Å². The van der Waals surface area contributed by atoms with E-state index in [0.29, 0.717) is 6.42 Å². The molecular formula is C17H36N2O. The van der Waals surface area contributed by atoms with Crippen LogP contribution in [0.5, 0.6) is 0 Å². The molecule has 0 saturated carbocycles. The molecule has 0 atom stereocenters. The van der Waals surface area contributed by atoms with E-state index in [0.717, 1.165) is 19.4 Å². The van der Waals surface area contributed by atoms with Gasteiger partial charge in [-0.3, -0.25) is 4.79 Å². The number of hydrogen-bond acceptors (Lipinski definition) is 2. The van der Waals surface area contributed by atoms with Crippen LogP contribution in [0.2, 0.25) is 0 Å². The van der Waals surface area contributed by atoms with Crippen molar-refractivity contribution in [1.82, 2.24) is 0 Å². The van der Waals surface area contributed by atoms with Gasteiger partial charge >= 0.3 is 0 Å². The van der Waals surface area contributed by atoms with E-state index in [-0.39, 0.29) is 5.91 Å². The number of primary amides is 1. The zero-order valence-corrected chi connectivity index (χ0v) is 13.4. The monoisotopic (exact) mass is 284 g/mol. The molecule has 0 radical (unpaired) electrons. The van der Waals surface area contributed by atoms with Gasteiger partial charge in [-0.2, -0.15) is 0 Å². The standard InChI is InChI=1S/C17H36N2O/c18-16-14-12-10-8-6-4-2-1-3-5-7-9-11-13-15-17(19)20/h1-16,18H2,(H2,19,20). The van der Waals surface area contributed by atoms with Crippen LogP contribution < -0.4 is 11.5 Å². The summed E-state index contributed by atoms with van der Waals surface area (Å²) in [7, 11) is 0. The Morgan fingerprint density at radius 3 is 1.15 bits per heavy atom. The molecule has 0 rings (SSSR count). The summed E-state index contributed by atoms with van der Waals surface area (Å²) in [5.41, 5.74) is 10.6. The van der Waals surface area contributed by atoms with E-state index < -0.39 is 0 Å². The molecule has 0 aromatic rings. The summed E-state index contributed by atoms with van der Waals surface area (Å²) < 4.78 is 0. The zero-order chi connectivity index (χ0) is 14.9. The van der Waals surface area contributed by atoms with Crippen molar-refractivity contribution >= 4 is 5.91 Å². The van der Waals surface area contributed by atoms with Crippen LogP contribution >= 0.6 is 0 Å². The summed E-state index contributed by atoms with van der Waals surface area (Å²) in [5.74, 6) is -0.159. The largest absolute Gasteiger partial charge is 0.370 e. The maximum absolute atomic E-state index is 10.5. The Morgan fingerprint density at radius 2 is 0.850 bits per heavy atom. The van der Waals surface area contributed by atoms with Crippen molar-refractivity contribution in [2.24, 2.45) is 11.5 Å². The van der Waals surface area contributed by atoms with Gasteiger partial charge in [-0.15, -0.1) is 0 Å². The number of rotatable bonds is 16. The summed E-state index contributed by atoms with van der Waals surface area (Å²) in [6.45, 7) is 0.850. The van der Waals surface area contributed by atoms with Crippen LogP contribution in [0.4, 0.5) is 0 Å². The first-order chi connectivity index (χ1) is 9.77. The van der Waals surface area contributed by atoms with Crippen molar-refractivity contribution in [2.75, 3.05) is 6.54 Å². The van der Waals surface area contributed by atoms with Crippen LogP contribution in [-0.2, 0) is 4.79 Å². The van der Waals surface area contributed by atoms with Gasteiger partial charge in [0.25, 0.3) is 0 Å². The van der Waals surface area contributed by atoms with Gasteiger partial charge in [-0.05, 0) is 19.4 Å². The summed E-state index contributed by atoms with van der Waals surface area (Å²) in [5, 5.41) is 0. The molecular weight excluding hydrogens is 248 g/mol. The fourth-order valence-corrected chi connectivity index (χ4v) is 2.56. The van der Waals surface area contributed by atoms with Crippen molar-refractivity contribution in [3.8, 4) is 0 Å². The number of carbonyl (C=O) groups excluding carboxylic acids is 1. The first-order valence-electron chi connectivity index (χ1n) is 8.75. The molecule has 20 heavy (non-hydrogen) atoms. The molecule has 0 aromatic carbocycles. The van der Waals surface area contributed by atoms with E-state index in [1.807, 2.05) is 0 Å². The van der Waals surface area contributed by atoms with Crippen molar-refractivity contribution in [3.63, 3.8) is 0 Å². The van der Waals surface area contributed by atoms with E-state index in [1.165, 1.54) is 77.0 Å². The molecule has 0 fully saturated rings. The van der Waals surface area contributed by atoms with Crippen LogP contribution in [0, 0.1) is 0 Å². The molecule has 4 N–H and O–H groups in total. The lowest BCUT2D eigenvalue weighted by atomic mass is 10.0. The molecule has 0 aliphatic rings. The highest BCUT2D eigenvalue weighted by atomic mass is 16.1. The van der Waals surface area contributed by atoms with Gasteiger partial charge in [0.05, 0.1) is 0 Å². The smallest absolute Gasteiger partial charge is 0.217 e. The van der Waals surface area contributed by atoms with E-state index in [4.69, 9.17) is 11.5 Å². The second-order valence-electron chi connectivity index (χ2n) is 5.95. The third kappa shape index (κ3) is 17.4. The highest BCUT2D eigenvalue weighted by molar-refractivity contribution is 5.73. The molecule has 3 heteroatoms. The first kappa shape index (κ1) is 19.4. The van der Waals surface area contributed by atoms with Crippen molar-refractivity contribution in [3.05, 3.63) is 0 Å². The molecule has 0 bridgehead atoms. The van der Waals surface area contributed by atoms with Gasteiger partial charge in [0.1, 0.15) is 0 Å². The molecule has 0 unspecified atom stereocenters. The minimum absolute atomic E-state index is 0.159. The Bertz CT molecular complexity index is 207. The average Bonchev–Trinajstić information content (AvgIpc) is 2.43. The van der Waals surface area contributed by atoms with Crippen LogP contribution in [0.15, 0.2) is 0 Å². The summed E-state index contributed by atoms with van der Waals surface area (Å²) >= 11 is 0. The lowest BCUT2D eigenvalue weighted by Crippen LogP contribution is -2.09. The van der Waals surface area contributed by atoms with Crippen LogP contribution in [0.1, 0.15) is 96.3 Å². The minimum atomic E-state index is -0.159. The van der Waals surface area contributed by atoms with Crippen LogP contribution in [0.25, 0.3) is 0 Å². The summed E-state index contributed by atoms with van der Waals surface area (Å²) in [6.07, 6.45) is 18.9. The zero-order valence-electron chi connectivity index (χ0n) is 13.4. The molecule has 1 amide bonds. The molecule has 0 saturated heterocycles. The van der Waals surface area contributed by atoms with E-state index in [1.54, 1.807) is 0 Å². The average molecular weight is 284 g/mol. The fraction of sp³-hybridized carbons (Fsp3) is 0.941. The van der Waals surface area contributed by atoms with Gasteiger partial charge in [0, 0.05) is 6.42 Å². The Kier molecular flexibility index (Phi) is 16.0. The first-order valence-corrected chi connectivity index (χ1v) is 8.75. The van der Waals surface area contributed by atoms with Crippen molar-refractivity contribution in [2.45, 2.75) is 96.3 Å².